The van der Waals surface area contributed by atoms with Crippen molar-refractivity contribution in [3.05, 3.63) is 35.4 Å². The highest BCUT2D eigenvalue weighted by atomic mass is 32.2. The molecule has 0 aromatic heterocycles. The number of sulfonamides is 1. The molecule has 1 unspecified atom stereocenters. The van der Waals surface area contributed by atoms with Gasteiger partial charge in [-0.25, -0.2) is 12.7 Å². The number of rotatable bonds is 4. The van der Waals surface area contributed by atoms with Crippen LogP contribution in [-0.2, 0) is 20.6 Å². The minimum absolute atomic E-state index is 0.0553. The molecule has 2 saturated heterocycles. The first kappa shape index (κ1) is 18.4. The van der Waals surface area contributed by atoms with Crippen LogP contribution >= 0.6 is 0 Å². The van der Waals surface area contributed by atoms with Crippen molar-refractivity contribution in [1.82, 2.24) is 9.21 Å². The minimum Gasteiger partial charge on any atom is -0.342 e. The fourth-order valence-corrected chi connectivity index (χ4v) is 5.78. The van der Waals surface area contributed by atoms with E-state index in [1.165, 1.54) is 0 Å². The van der Waals surface area contributed by atoms with Gasteiger partial charge in [0.1, 0.15) is 0 Å². The molecule has 1 spiro atoms. The van der Waals surface area contributed by atoms with Crippen LogP contribution in [-0.4, -0.2) is 49.7 Å². The van der Waals surface area contributed by atoms with Crippen LogP contribution in [0, 0.1) is 12.3 Å². The van der Waals surface area contributed by atoms with E-state index in [0.29, 0.717) is 32.6 Å². The van der Waals surface area contributed by atoms with Gasteiger partial charge >= 0.3 is 0 Å². The average Bonchev–Trinajstić information content (AvgIpc) is 2.59. The quantitative estimate of drug-likeness (QED) is 0.825. The second-order valence-corrected chi connectivity index (χ2v) is 9.56. The molecule has 0 N–H and O–H groups in total. The highest BCUT2D eigenvalue weighted by Crippen LogP contribution is 2.39. The molecule has 6 heteroatoms. The van der Waals surface area contributed by atoms with Gasteiger partial charge in [-0.1, -0.05) is 29.8 Å². The summed E-state index contributed by atoms with van der Waals surface area (Å²) in [7, 11) is -3.33. The Morgan fingerprint density at radius 2 is 1.84 bits per heavy atom. The lowest BCUT2D eigenvalue weighted by atomic mass is 9.74. The maximum atomic E-state index is 12.9. The van der Waals surface area contributed by atoms with E-state index >= 15 is 0 Å². The fraction of sp³-hybridized carbons (Fsp3) is 0.632. The Bertz CT molecular complexity index is 730. The smallest absolute Gasteiger partial charge is 0.222 e. The third-order valence-corrected chi connectivity index (χ3v) is 7.42. The number of piperidine rings is 2. The number of benzene rings is 1. The lowest BCUT2D eigenvalue weighted by Crippen LogP contribution is -2.55. The molecule has 0 bridgehead atoms. The zero-order chi connectivity index (χ0) is 18.1. The first-order valence-electron chi connectivity index (χ1n) is 9.15. The van der Waals surface area contributed by atoms with Crippen molar-refractivity contribution in [1.29, 1.82) is 0 Å². The lowest BCUT2D eigenvalue weighted by molar-refractivity contribution is -0.138. The molecule has 0 radical (unpaired) electrons. The zero-order valence-corrected chi connectivity index (χ0v) is 16.0. The van der Waals surface area contributed by atoms with Crippen molar-refractivity contribution >= 4 is 15.9 Å². The highest BCUT2D eigenvalue weighted by Gasteiger charge is 2.43. The molecule has 0 aliphatic carbocycles. The van der Waals surface area contributed by atoms with Crippen LogP contribution < -0.4 is 0 Å². The van der Waals surface area contributed by atoms with E-state index in [9.17, 15) is 13.2 Å². The van der Waals surface area contributed by atoms with E-state index in [0.717, 1.165) is 30.4 Å². The standard InChI is InChI=1S/C19H28N2O3S/c1-3-20-14-19(11-9-18(20)22)10-4-12-21(15-19)25(23,24)13-17-7-5-16(2)6-8-17/h5-8H,3-4,9-15H2,1-2H3. The molecule has 138 valence electrons. The van der Waals surface area contributed by atoms with Gasteiger partial charge < -0.3 is 4.90 Å². The molecule has 1 aromatic rings. The number of nitrogens with zero attached hydrogens (tertiary/aromatic N) is 2. The number of carbonyl (C=O) groups is 1. The Labute approximate surface area is 151 Å². The summed E-state index contributed by atoms with van der Waals surface area (Å²) in [4.78, 5) is 13.9. The number of carbonyl (C=O) groups excluding carboxylic acids is 1. The third kappa shape index (κ3) is 4.06. The van der Waals surface area contributed by atoms with Crippen molar-refractivity contribution in [3.63, 3.8) is 0 Å². The van der Waals surface area contributed by atoms with E-state index in [2.05, 4.69) is 0 Å². The van der Waals surface area contributed by atoms with Crippen LogP contribution in [0.4, 0.5) is 0 Å². The predicted molar refractivity (Wildman–Crippen MR) is 98.5 cm³/mol. The summed E-state index contributed by atoms with van der Waals surface area (Å²) >= 11 is 0. The van der Waals surface area contributed by atoms with Gasteiger partial charge in [-0.15, -0.1) is 0 Å². The number of hydrogen-bond acceptors (Lipinski definition) is 3. The minimum atomic E-state index is -3.33. The number of likely N-dealkylation sites (tertiary alicyclic amines) is 1. The summed E-state index contributed by atoms with van der Waals surface area (Å²) in [6, 6.07) is 7.69. The lowest BCUT2D eigenvalue weighted by Gasteiger charge is -2.47. The fourth-order valence-electron chi connectivity index (χ4n) is 4.11. The van der Waals surface area contributed by atoms with Gasteiger partial charge in [-0.3, -0.25) is 4.79 Å². The number of hydrogen-bond donors (Lipinski definition) is 0. The summed E-state index contributed by atoms with van der Waals surface area (Å²) in [5.74, 6) is 0.257. The first-order chi connectivity index (χ1) is 11.8. The van der Waals surface area contributed by atoms with Crippen molar-refractivity contribution in [2.45, 2.75) is 45.3 Å². The number of aryl methyl sites for hydroxylation is 1. The van der Waals surface area contributed by atoms with E-state index in [4.69, 9.17) is 0 Å². The Morgan fingerprint density at radius 1 is 1.12 bits per heavy atom. The molecule has 2 aliphatic rings. The van der Waals surface area contributed by atoms with Crippen LogP contribution in [0.2, 0.25) is 0 Å². The van der Waals surface area contributed by atoms with Gasteiger partial charge in [-0.05, 0) is 38.7 Å². The average molecular weight is 365 g/mol. The summed E-state index contributed by atoms with van der Waals surface area (Å²) in [5.41, 5.74) is 1.89. The molecule has 5 nitrogen and oxygen atoms in total. The summed E-state index contributed by atoms with van der Waals surface area (Å²) < 4.78 is 27.5. The third-order valence-electron chi connectivity index (χ3n) is 5.62. The Balaban J connectivity index is 1.74. The van der Waals surface area contributed by atoms with E-state index in [-0.39, 0.29) is 17.1 Å². The molecule has 3 rings (SSSR count). The van der Waals surface area contributed by atoms with Gasteiger partial charge in [0.05, 0.1) is 5.75 Å². The topological polar surface area (TPSA) is 57.7 Å². The molecule has 2 heterocycles. The van der Waals surface area contributed by atoms with Gasteiger partial charge in [-0.2, -0.15) is 0 Å². The summed E-state index contributed by atoms with van der Waals surface area (Å²) in [5, 5.41) is 0. The molecule has 2 aliphatic heterocycles. The van der Waals surface area contributed by atoms with Crippen LogP contribution in [0.5, 0.6) is 0 Å². The van der Waals surface area contributed by atoms with Crippen molar-refractivity contribution in [2.75, 3.05) is 26.2 Å². The van der Waals surface area contributed by atoms with Crippen molar-refractivity contribution in [2.24, 2.45) is 5.41 Å². The van der Waals surface area contributed by atoms with Crippen LogP contribution in [0.3, 0.4) is 0 Å². The molecule has 0 saturated carbocycles. The molecular formula is C19H28N2O3S. The van der Waals surface area contributed by atoms with Gasteiger partial charge in [0.15, 0.2) is 0 Å². The second kappa shape index (κ2) is 7.08. The normalized spacial score (nSPS) is 25.5. The van der Waals surface area contributed by atoms with E-state index in [1.807, 2.05) is 43.0 Å². The van der Waals surface area contributed by atoms with Crippen molar-refractivity contribution < 1.29 is 13.2 Å². The van der Waals surface area contributed by atoms with E-state index in [1.54, 1.807) is 4.31 Å². The molecule has 25 heavy (non-hydrogen) atoms. The van der Waals surface area contributed by atoms with Crippen LogP contribution in [0.1, 0.15) is 43.7 Å². The molecule has 1 atom stereocenters. The highest BCUT2D eigenvalue weighted by molar-refractivity contribution is 7.88. The van der Waals surface area contributed by atoms with Gasteiger partial charge in [0.2, 0.25) is 15.9 Å². The Hall–Kier alpha value is -1.40. The summed E-state index contributed by atoms with van der Waals surface area (Å²) in [6.45, 7) is 6.53. The molecule has 1 amide bonds. The largest absolute Gasteiger partial charge is 0.342 e. The maximum Gasteiger partial charge on any atom is 0.222 e. The summed E-state index contributed by atoms with van der Waals surface area (Å²) in [6.07, 6.45) is 3.23. The predicted octanol–water partition coefficient (Wildman–Crippen LogP) is 2.55. The monoisotopic (exact) mass is 364 g/mol. The van der Waals surface area contributed by atoms with Crippen molar-refractivity contribution in [3.8, 4) is 0 Å². The zero-order valence-electron chi connectivity index (χ0n) is 15.2. The van der Waals surface area contributed by atoms with Gasteiger partial charge in [0, 0.05) is 38.0 Å². The Kier molecular flexibility index (Phi) is 5.21. The maximum absolute atomic E-state index is 12.9. The van der Waals surface area contributed by atoms with E-state index < -0.39 is 10.0 Å². The van der Waals surface area contributed by atoms with Gasteiger partial charge in [0.25, 0.3) is 0 Å². The molecule has 2 fully saturated rings. The SMILES string of the molecule is CCN1CC2(CCCN(S(=O)(=O)Cc3ccc(C)cc3)C2)CCC1=O. The molecular weight excluding hydrogens is 336 g/mol. The van der Waals surface area contributed by atoms with Crippen LogP contribution in [0.25, 0.3) is 0 Å². The van der Waals surface area contributed by atoms with Crippen LogP contribution in [0.15, 0.2) is 24.3 Å². The second-order valence-electron chi connectivity index (χ2n) is 7.59. The molecule has 1 aromatic carbocycles. The first-order valence-corrected chi connectivity index (χ1v) is 10.8. The Morgan fingerprint density at radius 3 is 2.52 bits per heavy atom. The number of amides is 1.